The van der Waals surface area contributed by atoms with E-state index in [0.717, 1.165) is 4.90 Å². The lowest BCUT2D eigenvalue weighted by atomic mass is 10.3. The zero-order chi connectivity index (χ0) is 11.3. The molecule has 0 aromatic heterocycles. The van der Waals surface area contributed by atoms with Gasteiger partial charge < -0.3 is 9.47 Å². The Labute approximate surface area is 93.8 Å². The molecule has 82 valence electrons. The topological polar surface area (TPSA) is 35.5 Å². The number of hydrogen-bond acceptors (Lipinski definition) is 4. The molecule has 1 rings (SSSR count). The van der Waals surface area contributed by atoms with Crippen molar-refractivity contribution in [3.8, 4) is 5.75 Å². The number of benzene rings is 1. The van der Waals surface area contributed by atoms with Crippen molar-refractivity contribution >= 4 is 17.7 Å². The predicted octanol–water partition coefficient (Wildman–Crippen LogP) is 2.35. The average molecular weight is 226 g/mol. The summed E-state index contributed by atoms with van der Waals surface area (Å²) in [5.74, 6) is 0.301. The Morgan fingerprint density at radius 3 is 2.40 bits per heavy atom. The summed E-state index contributed by atoms with van der Waals surface area (Å²) in [6.07, 6.45) is 1.43. The predicted molar refractivity (Wildman–Crippen MR) is 60.3 cm³/mol. The molecule has 3 nitrogen and oxygen atoms in total. The lowest BCUT2D eigenvalue weighted by Crippen LogP contribution is -2.24. The number of rotatable bonds is 4. The number of thioether (sulfide) groups is 1. The van der Waals surface area contributed by atoms with Gasteiger partial charge in [0, 0.05) is 4.90 Å². The zero-order valence-electron chi connectivity index (χ0n) is 9.02. The van der Waals surface area contributed by atoms with Crippen LogP contribution in [0.15, 0.2) is 29.2 Å². The van der Waals surface area contributed by atoms with Crippen LogP contribution in [0.3, 0.4) is 0 Å². The Morgan fingerprint density at radius 2 is 1.93 bits per heavy atom. The SMILES string of the molecule is COC(=O)[C@H](C)Oc1ccc(SC)cc1. The molecule has 4 heteroatoms. The normalized spacial score (nSPS) is 11.9. The highest BCUT2D eigenvalue weighted by Gasteiger charge is 2.14. The Kier molecular flexibility index (Phi) is 4.49. The van der Waals surface area contributed by atoms with E-state index in [1.165, 1.54) is 7.11 Å². The molecular formula is C11H14O3S. The van der Waals surface area contributed by atoms with Gasteiger partial charge in [0.2, 0.25) is 0 Å². The molecule has 1 atom stereocenters. The summed E-state index contributed by atoms with van der Waals surface area (Å²) in [5.41, 5.74) is 0. The first-order chi connectivity index (χ1) is 7.17. The standard InChI is InChI=1S/C11H14O3S/c1-8(11(12)13-2)14-9-4-6-10(15-3)7-5-9/h4-8H,1-3H3/t8-/m0/s1. The van der Waals surface area contributed by atoms with Gasteiger partial charge in [-0.1, -0.05) is 0 Å². The highest BCUT2D eigenvalue weighted by molar-refractivity contribution is 7.98. The van der Waals surface area contributed by atoms with Crippen molar-refractivity contribution < 1.29 is 14.3 Å². The Balaban J connectivity index is 2.60. The van der Waals surface area contributed by atoms with E-state index in [2.05, 4.69) is 4.74 Å². The summed E-state index contributed by atoms with van der Waals surface area (Å²) < 4.78 is 9.94. The van der Waals surface area contributed by atoms with Crippen molar-refractivity contribution in [2.45, 2.75) is 17.9 Å². The first-order valence-corrected chi connectivity index (χ1v) is 5.78. The molecular weight excluding hydrogens is 212 g/mol. The first-order valence-electron chi connectivity index (χ1n) is 4.56. The van der Waals surface area contributed by atoms with Crippen LogP contribution in [0.25, 0.3) is 0 Å². The van der Waals surface area contributed by atoms with Crippen molar-refractivity contribution in [2.75, 3.05) is 13.4 Å². The third-order valence-electron chi connectivity index (χ3n) is 1.91. The van der Waals surface area contributed by atoms with Crippen LogP contribution in [0.4, 0.5) is 0 Å². The van der Waals surface area contributed by atoms with Crippen LogP contribution >= 0.6 is 11.8 Å². The molecule has 0 spiro atoms. The molecule has 0 fully saturated rings. The number of ether oxygens (including phenoxy) is 2. The molecule has 0 aliphatic heterocycles. The molecule has 1 aromatic rings. The molecule has 0 amide bonds. The van der Waals surface area contributed by atoms with Crippen LogP contribution in [0.5, 0.6) is 5.75 Å². The van der Waals surface area contributed by atoms with Gasteiger partial charge in [-0.15, -0.1) is 11.8 Å². The summed E-state index contributed by atoms with van der Waals surface area (Å²) >= 11 is 1.66. The highest BCUT2D eigenvalue weighted by atomic mass is 32.2. The van der Waals surface area contributed by atoms with Gasteiger partial charge >= 0.3 is 5.97 Å². The largest absolute Gasteiger partial charge is 0.479 e. The monoisotopic (exact) mass is 226 g/mol. The minimum Gasteiger partial charge on any atom is -0.479 e. The van der Waals surface area contributed by atoms with Crippen molar-refractivity contribution in [3.63, 3.8) is 0 Å². The smallest absolute Gasteiger partial charge is 0.346 e. The van der Waals surface area contributed by atoms with E-state index < -0.39 is 6.10 Å². The van der Waals surface area contributed by atoms with Crippen LogP contribution in [-0.2, 0) is 9.53 Å². The average Bonchev–Trinajstić information content (AvgIpc) is 2.29. The third kappa shape index (κ3) is 3.47. The van der Waals surface area contributed by atoms with Gasteiger partial charge in [-0.05, 0) is 37.4 Å². The maximum absolute atomic E-state index is 11.1. The molecule has 0 radical (unpaired) electrons. The molecule has 0 N–H and O–H groups in total. The number of carbonyl (C=O) groups is 1. The summed E-state index contributed by atoms with van der Waals surface area (Å²) in [5, 5.41) is 0. The minimum atomic E-state index is -0.574. The fourth-order valence-electron chi connectivity index (χ4n) is 1.07. The van der Waals surface area contributed by atoms with E-state index >= 15 is 0 Å². The molecule has 0 aliphatic rings. The van der Waals surface area contributed by atoms with E-state index in [1.54, 1.807) is 18.7 Å². The van der Waals surface area contributed by atoms with Crippen LogP contribution in [0.2, 0.25) is 0 Å². The van der Waals surface area contributed by atoms with Gasteiger partial charge in [0.05, 0.1) is 7.11 Å². The third-order valence-corrected chi connectivity index (χ3v) is 2.65. The number of esters is 1. The molecule has 0 saturated heterocycles. The summed E-state index contributed by atoms with van der Waals surface area (Å²) in [4.78, 5) is 12.2. The van der Waals surface area contributed by atoms with Gasteiger partial charge in [0.1, 0.15) is 5.75 Å². The van der Waals surface area contributed by atoms with E-state index in [0.29, 0.717) is 5.75 Å². The second kappa shape index (κ2) is 5.66. The van der Waals surface area contributed by atoms with Crippen molar-refractivity contribution in [2.24, 2.45) is 0 Å². The quantitative estimate of drug-likeness (QED) is 0.583. The van der Waals surface area contributed by atoms with E-state index in [1.807, 2.05) is 30.5 Å². The number of methoxy groups -OCH3 is 1. The second-order valence-corrected chi connectivity index (χ2v) is 3.84. The maximum Gasteiger partial charge on any atom is 0.346 e. The number of carbonyl (C=O) groups excluding carboxylic acids is 1. The lowest BCUT2D eigenvalue weighted by molar-refractivity contribution is -0.147. The fraction of sp³-hybridized carbons (Fsp3) is 0.364. The summed E-state index contributed by atoms with van der Waals surface area (Å²) in [6, 6.07) is 7.57. The van der Waals surface area contributed by atoms with E-state index in [-0.39, 0.29) is 5.97 Å². The molecule has 0 heterocycles. The summed E-state index contributed by atoms with van der Waals surface area (Å²) in [7, 11) is 1.35. The van der Waals surface area contributed by atoms with Crippen molar-refractivity contribution in [1.29, 1.82) is 0 Å². The van der Waals surface area contributed by atoms with Crippen molar-refractivity contribution in [3.05, 3.63) is 24.3 Å². The first kappa shape index (κ1) is 11.9. The van der Waals surface area contributed by atoms with Crippen molar-refractivity contribution in [1.82, 2.24) is 0 Å². The Morgan fingerprint density at radius 1 is 1.33 bits per heavy atom. The molecule has 15 heavy (non-hydrogen) atoms. The summed E-state index contributed by atoms with van der Waals surface area (Å²) in [6.45, 7) is 1.66. The van der Waals surface area contributed by atoms with Gasteiger partial charge in [-0.25, -0.2) is 4.79 Å². The van der Waals surface area contributed by atoms with Crippen LogP contribution in [-0.4, -0.2) is 25.4 Å². The van der Waals surface area contributed by atoms with Gasteiger partial charge in [-0.3, -0.25) is 0 Å². The highest BCUT2D eigenvalue weighted by Crippen LogP contribution is 2.19. The van der Waals surface area contributed by atoms with Gasteiger partial charge in [0.25, 0.3) is 0 Å². The Bertz CT molecular complexity index is 321. The second-order valence-electron chi connectivity index (χ2n) is 2.96. The molecule has 1 aromatic carbocycles. The molecule has 0 unspecified atom stereocenters. The number of hydrogen-bond donors (Lipinski definition) is 0. The van der Waals surface area contributed by atoms with E-state index in [9.17, 15) is 4.79 Å². The zero-order valence-corrected chi connectivity index (χ0v) is 9.84. The van der Waals surface area contributed by atoms with Gasteiger partial charge in [-0.2, -0.15) is 0 Å². The van der Waals surface area contributed by atoms with Crippen LogP contribution in [0, 0.1) is 0 Å². The van der Waals surface area contributed by atoms with Crippen LogP contribution < -0.4 is 4.74 Å². The Hall–Kier alpha value is -1.16. The fourth-order valence-corrected chi connectivity index (χ4v) is 1.48. The molecule has 0 saturated carbocycles. The molecule has 0 aliphatic carbocycles. The van der Waals surface area contributed by atoms with E-state index in [4.69, 9.17) is 4.74 Å². The van der Waals surface area contributed by atoms with Crippen LogP contribution in [0.1, 0.15) is 6.92 Å². The van der Waals surface area contributed by atoms with Gasteiger partial charge in [0.15, 0.2) is 6.10 Å². The molecule has 0 bridgehead atoms. The maximum atomic E-state index is 11.1. The lowest BCUT2D eigenvalue weighted by Gasteiger charge is -2.12. The minimum absolute atomic E-state index is 0.371.